The summed E-state index contributed by atoms with van der Waals surface area (Å²) in [6.07, 6.45) is 0. The van der Waals surface area contributed by atoms with Crippen molar-refractivity contribution in [2.24, 2.45) is 5.92 Å². The van der Waals surface area contributed by atoms with Crippen molar-refractivity contribution in [2.75, 3.05) is 5.32 Å². The molecule has 45 heavy (non-hydrogen) atoms. The fraction of sp³-hybridized carbons (Fsp3) is 0.286. The molecule has 10 heteroatoms. The van der Waals surface area contributed by atoms with Crippen LogP contribution < -0.4 is 5.32 Å². The zero-order valence-electron chi connectivity index (χ0n) is 25.7. The second-order valence-corrected chi connectivity index (χ2v) is 13.6. The Hall–Kier alpha value is -4.83. The van der Waals surface area contributed by atoms with Crippen molar-refractivity contribution in [1.29, 1.82) is 0 Å². The van der Waals surface area contributed by atoms with E-state index in [0.717, 1.165) is 11.1 Å². The summed E-state index contributed by atoms with van der Waals surface area (Å²) < 4.78 is 0. The number of aliphatic carboxylic acids is 1. The lowest BCUT2D eigenvalue weighted by molar-refractivity contribution is -0.385. The van der Waals surface area contributed by atoms with Crippen LogP contribution in [0.2, 0.25) is 0 Å². The Morgan fingerprint density at radius 2 is 1.64 bits per heavy atom. The van der Waals surface area contributed by atoms with E-state index in [-0.39, 0.29) is 16.9 Å². The number of carboxylic acids is 1. The average molecular weight is 626 g/mol. The molecule has 2 heterocycles. The van der Waals surface area contributed by atoms with Gasteiger partial charge in [0.1, 0.15) is 5.54 Å². The zero-order chi connectivity index (χ0) is 32.7. The molecule has 0 radical (unpaired) electrons. The SMILES string of the molecule is Cc1cccc(NC(=O)N2C(c3cccc([N+](=O)[O-])c3)C(C(=O)c3cccs3)C(c3ccc(C(C)(C)C)cc3)C2(C)C(=O)O)c1. The number of benzene rings is 3. The first-order valence-electron chi connectivity index (χ1n) is 14.6. The molecule has 232 valence electrons. The summed E-state index contributed by atoms with van der Waals surface area (Å²) in [6.45, 7) is 9.53. The summed E-state index contributed by atoms with van der Waals surface area (Å²) in [6, 6.07) is 21.8. The summed E-state index contributed by atoms with van der Waals surface area (Å²) in [5.41, 5.74) is 0.864. The first-order chi connectivity index (χ1) is 21.2. The van der Waals surface area contributed by atoms with Crippen LogP contribution in [0.5, 0.6) is 0 Å². The summed E-state index contributed by atoms with van der Waals surface area (Å²) in [7, 11) is 0. The summed E-state index contributed by atoms with van der Waals surface area (Å²) in [5.74, 6) is -3.74. The van der Waals surface area contributed by atoms with E-state index in [0.29, 0.717) is 21.7 Å². The maximum atomic E-state index is 14.5. The highest BCUT2D eigenvalue weighted by Gasteiger charge is 2.65. The van der Waals surface area contributed by atoms with Gasteiger partial charge in [-0.2, -0.15) is 0 Å². The second kappa shape index (κ2) is 11.9. The number of carboxylic acid groups (broad SMARTS) is 1. The predicted octanol–water partition coefficient (Wildman–Crippen LogP) is 7.98. The van der Waals surface area contributed by atoms with Gasteiger partial charge in [-0.15, -0.1) is 11.3 Å². The predicted molar refractivity (Wildman–Crippen MR) is 174 cm³/mol. The minimum absolute atomic E-state index is 0.179. The largest absolute Gasteiger partial charge is 0.479 e. The first kappa shape index (κ1) is 31.6. The number of anilines is 1. The van der Waals surface area contributed by atoms with Gasteiger partial charge in [-0.3, -0.25) is 19.8 Å². The van der Waals surface area contributed by atoms with E-state index >= 15 is 0 Å². The summed E-state index contributed by atoms with van der Waals surface area (Å²) in [4.78, 5) is 55.3. The van der Waals surface area contributed by atoms with Gasteiger partial charge in [-0.25, -0.2) is 9.59 Å². The minimum Gasteiger partial charge on any atom is -0.479 e. The number of carbonyl (C=O) groups is 3. The summed E-state index contributed by atoms with van der Waals surface area (Å²) in [5, 5.41) is 27.5. The number of carbonyl (C=O) groups excluding carboxylic acids is 2. The molecule has 4 unspecified atom stereocenters. The molecule has 5 rings (SSSR count). The quantitative estimate of drug-likeness (QED) is 0.122. The van der Waals surface area contributed by atoms with Gasteiger partial charge in [-0.05, 0) is 65.1 Å². The average Bonchev–Trinajstić information content (AvgIpc) is 3.62. The molecule has 9 nitrogen and oxygen atoms in total. The lowest BCUT2D eigenvalue weighted by Gasteiger charge is -2.37. The van der Waals surface area contributed by atoms with Crippen molar-refractivity contribution in [3.05, 3.63) is 128 Å². The van der Waals surface area contributed by atoms with Crippen molar-refractivity contribution >= 4 is 40.5 Å². The Labute approximate surface area is 265 Å². The number of rotatable bonds is 7. The molecule has 1 saturated heterocycles. The van der Waals surface area contributed by atoms with Gasteiger partial charge in [0.05, 0.1) is 21.8 Å². The van der Waals surface area contributed by atoms with Gasteiger partial charge >= 0.3 is 12.0 Å². The molecular formula is C35H35N3O6S. The standard InChI is InChI=1S/C35H35N3O6S/c1-21-9-6-11-25(19-21)36-33(42)37-30(23-10-7-12-26(20-23)38(43)44)28(31(39)27-13-8-18-45-27)29(35(37,5)32(40)41)22-14-16-24(17-15-22)34(2,3)4/h6-20,28-30H,1-5H3,(H,36,42)(H,40,41). The smallest absolute Gasteiger partial charge is 0.330 e. The molecule has 3 aromatic carbocycles. The van der Waals surface area contributed by atoms with E-state index in [9.17, 15) is 29.6 Å². The number of non-ortho nitro benzene ring substituents is 1. The van der Waals surface area contributed by atoms with Gasteiger partial charge < -0.3 is 10.4 Å². The maximum Gasteiger partial charge on any atom is 0.330 e. The van der Waals surface area contributed by atoms with Crippen LogP contribution in [0.3, 0.4) is 0 Å². The highest BCUT2D eigenvalue weighted by atomic mass is 32.1. The first-order valence-corrected chi connectivity index (χ1v) is 15.4. The zero-order valence-corrected chi connectivity index (χ0v) is 26.5. The molecule has 0 spiro atoms. The number of hydrogen-bond acceptors (Lipinski definition) is 6. The van der Waals surface area contributed by atoms with Crippen LogP contribution in [0.4, 0.5) is 16.2 Å². The Balaban J connectivity index is 1.79. The highest BCUT2D eigenvalue weighted by Crippen LogP contribution is 2.57. The van der Waals surface area contributed by atoms with E-state index in [2.05, 4.69) is 26.1 Å². The number of thiophene rings is 1. The van der Waals surface area contributed by atoms with Crippen molar-refractivity contribution in [1.82, 2.24) is 4.90 Å². The molecule has 0 bridgehead atoms. The molecule has 1 aliphatic rings. The number of ketones is 1. The van der Waals surface area contributed by atoms with Gasteiger partial charge in [0.25, 0.3) is 5.69 Å². The molecule has 2 N–H and O–H groups in total. The molecular weight excluding hydrogens is 590 g/mol. The van der Waals surface area contributed by atoms with Gasteiger partial charge in [0.15, 0.2) is 5.78 Å². The number of urea groups is 1. The number of nitrogens with one attached hydrogen (secondary N) is 1. The Kier molecular flexibility index (Phi) is 8.37. The highest BCUT2D eigenvalue weighted by molar-refractivity contribution is 7.12. The van der Waals surface area contributed by atoms with Crippen LogP contribution >= 0.6 is 11.3 Å². The van der Waals surface area contributed by atoms with E-state index in [4.69, 9.17) is 0 Å². The third-order valence-corrected chi connectivity index (χ3v) is 9.51. The molecule has 4 aromatic rings. The van der Waals surface area contributed by atoms with E-state index in [1.165, 1.54) is 41.4 Å². The number of nitro benzene ring substituents is 1. The lowest BCUT2D eigenvalue weighted by Crippen LogP contribution is -2.55. The van der Waals surface area contributed by atoms with E-state index < -0.39 is 40.3 Å². The van der Waals surface area contributed by atoms with Crippen molar-refractivity contribution in [3.8, 4) is 0 Å². The normalized spacial score (nSPS) is 21.4. The fourth-order valence-electron chi connectivity index (χ4n) is 6.39. The fourth-order valence-corrected chi connectivity index (χ4v) is 7.10. The monoisotopic (exact) mass is 625 g/mol. The van der Waals surface area contributed by atoms with Crippen molar-refractivity contribution in [2.45, 2.75) is 57.5 Å². The molecule has 1 fully saturated rings. The number of nitrogens with zero attached hydrogens (tertiary/aromatic N) is 2. The molecule has 2 amide bonds. The molecule has 4 atom stereocenters. The van der Waals surface area contributed by atoms with Gasteiger partial charge in [0.2, 0.25) is 0 Å². The third-order valence-electron chi connectivity index (χ3n) is 8.63. The van der Waals surface area contributed by atoms with Crippen LogP contribution in [0, 0.1) is 23.0 Å². The molecule has 0 aliphatic carbocycles. The lowest BCUT2D eigenvalue weighted by atomic mass is 9.72. The topological polar surface area (TPSA) is 130 Å². The van der Waals surface area contributed by atoms with Gasteiger partial charge in [-0.1, -0.05) is 75.4 Å². The van der Waals surface area contributed by atoms with Crippen LogP contribution in [0.1, 0.15) is 71.6 Å². The van der Waals surface area contributed by atoms with E-state index in [1.54, 1.807) is 41.8 Å². The number of likely N-dealkylation sites (tertiary alicyclic amines) is 1. The van der Waals surface area contributed by atoms with Crippen LogP contribution in [0.25, 0.3) is 0 Å². The number of hydrogen-bond donors (Lipinski definition) is 2. The number of aryl methyl sites for hydroxylation is 1. The Morgan fingerprint density at radius 3 is 2.22 bits per heavy atom. The van der Waals surface area contributed by atoms with Crippen molar-refractivity contribution < 1.29 is 24.4 Å². The minimum atomic E-state index is -1.94. The molecule has 1 aliphatic heterocycles. The van der Waals surface area contributed by atoms with Crippen LogP contribution in [0.15, 0.2) is 90.3 Å². The number of amides is 2. The number of Topliss-reactive ketones (excluding diaryl/α,β-unsaturated/α-hetero) is 1. The van der Waals surface area contributed by atoms with E-state index in [1.807, 2.05) is 37.3 Å². The maximum absolute atomic E-state index is 14.5. The van der Waals surface area contributed by atoms with Crippen LogP contribution in [-0.4, -0.2) is 38.3 Å². The Bertz CT molecular complexity index is 1760. The molecule has 0 saturated carbocycles. The second-order valence-electron chi connectivity index (χ2n) is 12.6. The number of nitro groups is 1. The van der Waals surface area contributed by atoms with Gasteiger partial charge in [0, 0.05) is 23.7 Å². The molecule has 1 aromatic heterocycles. The summed E-state index contributed by atoms with van der Waals surface area (Å²) >= 11 is 1.22. The Morgan fingerprint density at radius 1 is 0.956 bits per heavy atom. The van der Waals surface area contributed by atoms with Crippen LogP contribution in [-0.2, 0) is 10.2 Å². The van der Waals surface area contributed by atoms with Crippen molar-refractivity contribution in [3.63, 3.8) is 0 Å². The third kappa shape index (κ3) is 5.85.